The molecule has 5 nitrogen and oxygen atoms in total. The highest BCUT2D eigenvalue weighted by Crippen LogP contribution is 2.32. The largest absolute Gasteiger partial charge is 0.497 e. The molecule has 2 heterocycles. The van der Waals surface area contributed by atoms with E-state index in [9.17, 15) is 4.39 Å². The van der Waals surface area contributed by atoms with Crippen LogP contribution in [0.2, 0.25) is 0 Å². The molecule has 7 heteroatoms. The molecule has 0 unspecified atom stereocenters. The molecule has 0 aliphatic rings. The van der Waals surface area contributed by atoms with Crippen molar-refractivity contribution in [3.63, 3.8) is 0 Å². The number of hydrogen-bond donors (Lipinski definition) is 1. The van der Waals surface area contributed by atoms with E-state index in [1.807, 2.05) is 49.5 Å². The first-order chi connectivity index (χ1) is 14.1. The number of nitrogens with one attached hydrogen (secondary N) is 1. The Bertz CT molecular complexity index is 1120. The number of aromatic nitrogens is 3. The Morgan fingerprint density at radius 2 is 2.00 bits per heavy atom. The maximum atomic E-state index is 13.9. The van der Waals surface area contributed by atoms with Crippen molar-refractivity contribution >= 4 is 16.5 Å². The van der Waals surface area contributed by atoms with Gasteiger partial charge in [-0.2, -0.15) is 5.10 Å². The van der Waals surface area contributed by atoms with Gasteiger partial charge in [0.2, 0.25) is 0 Å². The summed E-state index contributed by atoms with van der Waals surface area (Å²) in [4.78, 5) is 5.62. The second kappa shape index (κ2) is 8.45. The van der Waals surface area contributed by atoms with Crippen LogP contribution in [0.1, 0.15) is 16.8 Å². The van der Waals surface area contributed by atoms with E-state index in [2.05, 4.69) is 15.4 Å². The molecule has 0 radical (unpaired) electrons. The Kier molecular flexibility index (Phi) is 5.57. The lowest BCUT2D eigenvalue weighted by molar-refractivity contribution is 0.414. The van der Waals surface area contributed by atoms with Gasteiger partial charge in [0, 0.05) is 18.3 Å². The maximum Gasteiger partial charge on any atom is 0.183 e. The number of benzene rings is 2. The number of hydrogen-bond acceptors (Lipinski definition) is 5. The molecule has 4 rings (SSSR count). The summed E-state index contributed by atoms with van der Waals surface area (Å²) in [5.41, 5.74) is 3.49. The predicted molar refractivity (Wildman–Crippen MR) is 114 cm³/mol. The smallest absolute Gasteiger partial charge is 0.183 e. The zero-order valence-electron chi connectivity index (χ0n) is 16.2. The molecule has 29 heavy (non-hydrogen) atoms. The van der Waals surface area contributed by atoms with Crippen molar-refractivity contribution in [1.82, 2.24) is 14.8 Å². The van der Waals surface area contributed by atoms with Gasteiger partial charge < -0.3 is 10.1 Å². The first-order valence-electron chi connectivity index (χ1n) is 9.24. The van der Waals surface area contributed by atoms with Crippen molar-refractivity contribution in [2.24, 2.45) is 0 Å². The minimum absolute atomic E-state index is 0.220. The quantitative estimate of drug-likeness (QED) is 0.461. The van der Waals surface area contributed by atoms with Crippen LogP contribution in [-0.2, 0) is 13.1 Å². The number of thiazole rings is 1. The van der Waals surface area contributed by atoms with Crippen LogP contribution in [0.5, 0.6) is 5.75 Å². The minimum Gasteiger partial charge on any atom is -0.497 e. The summed E-state index contributed by atoms with van der Waals surface area (Å²) in [6.07, 6.45) is 1.87. The lowest BCUT2D eigenvalue weighted by Crippen LogP contribution is -2.02. The zero-order valence-corrected chi connectivity index (χ0v) is 17.0. The van der Waals surface area contributed by atoms with Crippen LogP contribution >= 0.6 is 11.3 Å². The molecule has 0 amide bonds. The number of ether oxygens (including phenoxy) is 1. The van der Waals surface area contributed by atoms with Gasteiger partial charge in [0.15, 0.2) is 5.13 Å². The van der Waals surface area contributed by atoms with Crippen LogP contribution in [0.3, 0.4) is 0 Å². The fourth-order valence-corrected chi connectivity index (χ4v) is 3.97. The monoisotopic (exact) mass is 408 g/mol. The molecule has 1 N–H and O–H groups in total. The third-order valence-corrected chi connectivity index (χ3v) is 5.68. The summed E-state index contributed by atoms with van der Waals surface area (Å²) >= 11 is 1.56. The van der Waals surface area contributed by atoms with Gasteiger partial charge in [-0.25, -0.2) is 9.37 Å². The molecule has 148 valence electrons. The van der Waals surface area contributed by atoms with Gasteiger partial charge in [-0.1, -0.05) is 41.7 Å². The van der Waals surface area contributed by atoms with Gasteiger partial charge in [-0.3, -0.25) is 4.68 Å². The molecule has 0 saturated heterocycles. The van der Waals surface area contributed by atoms with Crippen LogP contribution in [-0.4, -0.2) is 21.9 Å². The molecule has 0 atom stereocenters. The molecule has 0 fully saturated rings. The van der Waals surface area contributed by atoms with E-state index in [0.29, 0.717) is 18.7 Å². The van der Waals surface area contributed by atoms with Gasteiger partial charge in [0.05, 0.1) is 24.2 Å². The van der Waals surface area contributed by atoms with E-state index < -0.39 is 0 Å². The molecule has 0 spiro atoms. The lowest BCUT2D eigenvalue weighted by Gasteiger charge is -2.05. The van der Waals surface area contributed by atoms with Crippen molar-refractivity contribution < 1.29 is 9.13 Å². The van der Waals surface area contributed by atoms with Crippen molar-refractivity contribution in [1.29, 1.82) is 0 Å². The van der Waals surface area contributed by atoms with Crippen molar-refractivity contribution in [2.45, 2.75) is 20.0 Å². The number of aryl methyl sites for hydroxylation is 1. The standard InChI is InChI=1S/C22H21FN4OS/c1-15-21(20-10-11-27(26-20)14-17-7-3-4-9-19(17)23)29-22(25-15)24-13-16-6-5-8-18(12-16)28-2/h3-12H,13-14H2,1-2H3,(H,24,25). The van der Waals surface area contributed by atoms with Crippen LogP contribution in [0, 0.1) is 12.7 Å². The van der Waals surface area contributed by atoms with E-state index in [-0.39, 0.29) is 5.82 Å². The predicted octanol–water partition coefficient (Wildman–Crippen LogP) is 5.12. The fraction of sp³-hybridized carbons (Fsp3) is 0.182. The Labute approximate surface area is 172 Å². The highest BCUT2D eigenvalue weighted by atomic mass is 32.1. The highest BCUT2D eigenvalue weighted by Gasteiger charge is 2.13. The van der Waals surface area contributed by atoms with Crippen LogP contribution in [0.15, 0.2) is 60.8 Å². The van der Waals surface area contributed by atoms with E-state index in [1.54, 1.807) is 35.3 Å². The van der Waals surface area contributed by atoms with Crippen LogP contribution in [0.25, 0.3) is 10.6 Å². The number of rotatable bonds is 7. The highest BCUT2D eigenvalue weighted by molar-refractivity contribution is 7.19. The SMILES string of the molecule is COc1cccc(CNc2nc(C)c(-c3ccn(Cc4ccccc4F)n3)s2)c1. The summed E-state index contributed by atoms with van der Waals surface area (Å²) in [6.45, 7) is 3.02. The van der Waals surface area contributed by atoms with E-state index in [1.165, 1.54) is 6.07 Å². The van der Waals surface area contributed by atoms with Gasteiger partial charge >= 0.3 is 0 Å². The summed E-state index contributed by atoms with van der Waals surface area (Å²) in [5, 5.41) is 8.81. The summed E-state index contributed by atoms with van der Waals surface area (Å²) in [6, 6.07) is 16.6. The minimum atomic E-state index is -0.220. The average molecular weight is 409 g/mol. The van der Waals surface area contributed by atoms with Gasteiger partial charge in [0.25, 0.3) is 0 Å². The Hall–Kier alpha value is -3.19. The summed E-state index contributed by atoms with van der Waals surface area (Å²) in [7, 11) is 1.66. The van der Waals surface area contributed by atoms with Gasteiger partial charge in [-0.15, -0.1) is 0 Å². The molecule has 0 saturated carbocycles. The first-order valence-corrected chi connectivity index (χ1v) is 10.1. The van der Waals surface area contributed by atoms with Crippen LogP contribution in [0.4, 0.5) is 9.52 Å². The number of halogens is 1. The van der Waals surface area contributed by atoms with Crippen molar-refractivity contribution in [2.75, 3.05) is 12.4 Å². The molecule has 0 aliphatic heterocycles. The van der Waals surface area contributed by atoms with E-state index in [4.69, 9.17) is 4.74 Å². The second-order valence-corrected chi connectivity index (χ2v) is 7.63. The molecule has 0 bridgehead atoms. The normalized spacial score (nSPS) is 10.9. The van der Waals surface area contributed by atoms with Gasteiger partial charge in [0.1, 0.15) is 17.3 Å². The molecule has 2 aromatic carbocycles. The Morgan fingerprint density at radius 1 is 1.14 bits per heavy atom. The first kappa shape index (κ1) is 19.1. The third-order valence-electron chi connectivity index (χ3n) is 4.54. The number of nitrogens with zero attached hydrogens (tertiary/aromatic N) is 3. The number of anilines is 1. The maximum absolute atomic E-state index is 13.9. The molecular weight excluding hydrogens is 387 g/mol. The lowest BCUT2D eigenvalue weighted by atomic mass is 10.2. The Balaban J connectivity index is 1.46. The summed E-state index contributed by atoms with van der Waals surface area (Å²) < 4.78 is 20.9. The number of methoxy groups -OCH3 is 1. The third kappa shape index (κ3) is 4.46. The van der Waals surface area contributed by atoms with E-state index in [0.717, 1.165) is 32.7 Å². The molecule has 4 aromatic rings. The Morgan fingerprint density at radius 3 is 2.83 bits per heavy atom. The molecular formula is C22H21FN4OS. The molecule has 0 aliphatic carbocycles. The zero-order chi connectivity index (χ0) is 20.2. The fourth-order valence-electron chi connectivity index (χ4n) is 3.04. The van der Waals surface area contributed by atoms with Crippen LogP contribution < -0.4 is 10.1 Å². The van der Waals surface area contributed by atoms with Gasteiger partial charge in [-0.05, 0) is 36.8 Å². The molecule has 2 aromatic heterocycles. The van der Waals surface area contributed by atoms with Crippen molar-refractivity contribution in [3.05, 3.63) is 83.4 Å². The second-order valence-electron chi connectivity index (χ2n) is 6.63. The van der Waals surface area contributed by atoms with E-state index >= 15 is 0 Å². The topological polar surface area (TPSA) is 52.0 Å². The average Bonchev–Trinajstić information content (AvgIpc) is 3.34. The van der Waals surface area contributed by atoms with Crippen molar-refractivity contribution in [3.8, 4) is 16.3 Å². The summed E-state index contributed by atoms with van der Waals surface area (Å²) in [5.74, 6) is 0.614.